The summed E-state index contributed by atoms with van der Waals surface area (Å²) in [5.74, 6) is -1.10. The first-order valence-corrected chi connectivity index (χ1v) is 4.00. The largest absolute Gasteiger partial charge is 0.378 e. The van der Waals surface area contributed by atoms with Crippen LogP contribution in [0.15, 0.2) is 10.6 Å². The molecule has 0 spiro atoms. The van der Waals surface area contributed by atoms with Gasteiger partial charge in [0.05, 0.1) is 0 Å². The van der Waals surface area contributed by atoms with Crippen LogP contribution in [0.4, 0.5) is 14.6 Å². The van der Waals surface area contributed by atoms with Crippen LogP contribution < -0.4 is 5.32 Å². The molecule has 0 aliphatic rings. The molecule has 0 radical (unpaired) electrons. The predicted octanol–water partition coefficient (Wildman–Crippen LogP) is 1.91. The summed E-state index contributed by atoms with van der Waals surface area (Å²) in [5, 5.41) is 5.17. The molecule has 0 atom stereocenters. The Labute approximate surface area is 80.4 Å². The van der Waals surface area contributed by atoms with Crippen molar-refractivity contribution in [2.24, 2.45) is 0 Å². The van der Waals surface area contributed by atoms with Crippen molar-refractivity contribution < 1.29 is 18.1 Å². The van der Waals surface area contributed by atoms with Crippen LogP contribution in [0.2, 0.25) is 0 Å². The number of carbonyl (C=O) groups excluding carboxylic acids is 1. The van der Waals surface area contributed by atoms with Crippen molar-refractivity contribution in [1.82, 2.24) is 5.16 Å². The third kappa shape index (κ3) is 2.76. The average Bonchev–Trinajstić information content (AvgIpc) is 2.33. The summed E-state index contributed by atoms with van der Waals surface area (Å²) in [7, 11) is 0. The number of nitrogens with zero attached hydrogens (tertiary/aromatic N) is 1. The lowest BCUT2D eigenvalue weighted by atomic mass is 10.5. The normalized spacial score (nSPS) is 11.4. The molecule has 1 N–H and O–H groups in total. The van der Waals surface area contributed by atoms with E-state index in [4.69, 9.17) is 0 Å². The summed E-state index contributed by atoms with van der Waals surface area (Å²) in [6, 6.07) is 1.33. The molecule has 72 valence electrons. The van der Waals surface area contributed by atoms with E-state index in [1.165, 1.54) is 6.07 Å². The maximum atomic E-state index is 12.3. The molecule has 0 saturated carbocycles. The van der Waals surface area contributed by atoms with E-state index < -0.39 is 10.7 Å². The second kappa shape index (κ2) is 3.41. The zero-order valence-electron chi connectivity index (χ0n) is 6.47. The molecule has 0 aliphatic carbocycles. The fourth-order valence-electron chi connectivity index (χ4n) is 0.613. The van der Waals surface area contributed by atoms with E-state index >= 15 is 0 Å². The Morgan fingerprint density at radius 3 is 2.77 bits per heavy atom. The summed E-state index contributed by atoms with van der Waals surface area (Å²) in [5.41, 5.74) is 0. The van der Waals surface area contributed by atoms with Gasteiger partial charge in [0.25, 0.3) is 0 Å². The quantitative estimate of drug-likeness (QED) is 0.821. The second-order valence-electron chi connectivity index (χ2n) is 2.27. The Balaban J connectivity index is 2.65. The Morgan fingerprint density at radius 1 is 1.77 bits per heavy atom. The summed E-state index contributed by atoms with van der Waals surface area (Å²) >= 11 is 1.90. The van der Waals surface area contributed by atoms with Crippen LogP contribution in [-0.4, -0.2) is 15.9 Å². The van der Waals surface area contributed by atoms with Crippen molar-refractivity contribution in [2.75, 3.05) is 5.32 Å². The third-order valence-electron chi connectivity index (χ3n) is 1.13. The smallest absolute Gasteiger partial charge is 0.360 e. The monoisotopic (exact) mass is 254 g/mol. The number of anilines is 1. The molecule has 0 aromatic carbocycles. The minimum Gasteiger partial charge on any atom is -0.360 e. The van der Waals surface area contributed by atoms with Gasteiger partial charge in [-0.1, -0.05) is 5.16 Å². The van der Waals surface area contributed by atoms with Crippen LogP contribution in [0, 0.1) is 6.92 Å². The van der Waals surface area contributed by atoms with Gasteiger partial charge in [0.2, 0.25) is 0 Å². The van der Waals surface area contributed by atoms with Crippen LogP contribution in [0.25, 0.3) is 0 Å². The molecule has 1 amide bonds. The maximum Gasteiger partial charge on any atom is 0.378 e. The minimum absolute atomic E-state index is 0.0402. The number of hydrogen-bond acceptors (Lipinski definition) is 3. The molecule has 0 aliphatic heterocycles. The molecule has 1 aromatic rings. The zero-order chi connectivity index (χ0) is 10.1. The van der Waals surface area contributed by atoms with E-state index in [0.717, 1.165) is 0 Å². The first-order chi connectivity index (χ1) is 5.89. The van der Waals surface area contributed by atoms with Crippen LogP contribution in [0.5, 0.6) is 0 Å². The summed E-state index contributed by atoms with van der Waals surface area (Å²) < 4.78 is 29.1. The predicted molar refractivity (Wildman–Crippen MR) is 43.7 cm³/mol. The highest BCUT2D eigenvalue weighted by atomic mass is 79.9. The second-order valence-corrected chi connectivity index (χ2v) is 3.27. The number of alkyl halides is 3. The number of nitrogens with one attached hydrogen (secondary N) is 1. The van der Waals surface area contributed by atoms with Crippen molar-refractivity contribution in [3.05, 3.63) is 11.8 Å². The number of amides is 1. The summed E-state index contributed by atoms with van der Waals surface area (Å²) in [6.07, 6.45) is 0. The Hall–Kier alpha value is -0.980. The van der Waals surface area contributed by atoms with E-state index in [1.807, 2.05) is 21.2 Å². The van der Waals surface area contributed by atoms with Gasteiger partial charge in [-0.25, -0.2) is 0 Å². The molecule has 7 heteroatoms. The number of rotatable bonds is 2. The van der Waals surface area contributed by atoms with E-state index in [2.05, 4.69) is 9.68 Å². The molecule has 0 bridgehead atoms. The van der Waals surface area contributed by atoms with Crippen LogP contribution in [-0.2, 0) is 4.79 Å². The molecule has 1 heterocycles. The van der Waals surface area contributed by atoms with Gasteiger partial charge in [0.1, 0.15) is 5.76 Å². The third-order valence-corrected chi connectivity index (χ3v) is 1.49. The van der Waals surface area contributed by atoms with Gasteiger partial charge in [-0.2, -0.15) is 8.78 Å². The van der Waals surface area contributed by atoms with Crippen molar-refractivity contribution in [3.8, 4) is 0 Å². The van der Waals surface area contributed by atoms with Gasteiger partial charge >= 0.3 is 10.7 Å². The van der Waals surface area contributed by atoms with E-state index in [-0.39, 0.29) is 5.82 Å². The average molecular weight is 255 g/mol. The van der Waals surface area contributed by atoms with Crippen molar-refractivity contribution >= 4 is 27.7 Å². The maximum absolute atomic E-state index is 12.3. The zero-order valence-corrected chi connectivity index (χ0v) is 8.06. The van der Waals surface area contributed by atoms with Gasteiger partial charge in [0.15, 0.2) is 5.82 Å². The number of halogens is 3. The molecule has 1 aromatic heterocycles. The SMILES string of the molecule is Cc1cc(NC(=O)C(F)(F)Br)no1. The van der Waals surface area contributed by atoms with E-state index in [1.54, 1.807) is 6.92 Å². The molecular weight excluding hydrogens is 250 g/mol. The van der Waals surface area contributed by atoms with Crippen molar-refractivity contribution in [1.29, 1.82) is 0 Å². The minimum atomic E-state index is -3.60. The van der Waals surface area contributed by atoms with Crippen LogP contribution >= 0.6 is 15.9 Å². The first kappa shape index (κ1) is 10.1. The number of carbonyl (C=O) groups is 1. The molecule has 0 unspecified atom stereocenters. The van der Waals surface area contributed by atoms with Crippen molar-refractivity contribution in [2.45, 2.75) is 11.8 Å². The molecule has 4 nitrogen and oxygen atoms in total. The van der Waals surface area contributed by atoms with Gasteiger partial charge in [-0.15, -0.1) is 0 Å². The van der Waals surface area contributed by atoms with Gasteiger partial charge in [-0.3, -0.25) is 4.79 Å². The van der Waals surface area contributed by atoms with Crippen molar-refractivity contribution in [3.63, 3.8) is 0 Å². The fraction of sp³-hybridized carbons (Fsp3) is 0.333. The topological polar surface area (TPSA) is 55.1 Å². The highest BCUT2D eigenvalue weighted by Crippen LogP contribution is 2.23. The highest BCUT2D eigenvalue weighted by molar-refractivity contribution is 9.10. The highest BCUT2D eigenvalue weighted by Gasteiger charge is 2.35. The lowest BCUT2D eigenvalue weighted by Crippen LogP contribution is -2.28. The number of aryl methyl sites for hydroxylation is 1. The fourth-order valence-corrected chi connectivity index (χ4v) is 0.712. The molecule has 0 fully saturated rings. The van der Waals surface area contributed by atoms with Crippen LogP contribution in [0.3, 0.4) is 0 Å². The molecule has 0 saturated heterocycles. The Kier molecular flexibility index (Phi) is 2.65. The van der Waals surface area contributed by atoms with Gasteiger partial charge in [-0.05, 0) is 6.92 Å². The van der Waals surface area contributed by atoms with Gasteiger partial charge < -0.3 is 9.84 Å². The molecule has 1 rings (SSSR count). The lowest BCUT2D eigenvalue weighted by molar-refractivity contribution is -0.128. The number of hydrogen-bond donors (Lipinski definition) is 1. The Morgan fingerprint density at radius 2 is 2.38 bits per heavy atom. The van der Waals surface area contributed by atoms with E-state index in [9.17, 15) is 13.6 Å². The standard InChI is InChI=1S/C6H5BrF2N2O2/c1-3-2-4(11-13-3)10-5(12)6(7,8)9/h2H,1H3,(H,10,11,12). The summed E-state index contributed by atoms with van der Waals surface area (Å²) in [6.45, 7) is 1.58. The Bertz CT molecular complexity index is 321. The lowest BCUT2D eigenvalue weighted by Gasteiger charge is -2.05. The molecular formula is C6H5BrF2N2O2. The first-order valence-electron chi connectivity index (χ1n) is 3.21. The van der Waals surface area contributed by atoms with Crippen LogP contribution in [0.1, 0.15) is 5.76 Å². The molecule has 13 heavy (non-hydrogen) atoms. The summed E-state index contributed by atoms with van der Waals surface area (Å²) in [4.78, 5) is 7.06. The number of aromatic nitrogens is 1. The van der Waals surface area contributed by atoms with E-state index in [0.29, 0.717) is 5.76 Å². The van der Waals surface area contributed by atoms with Gasteiger partial charge in [0, 0.05) is 22.0 Å².